The van der Waals surface area contributed by atoms with Gasteiger partial charge in [0.15, 0.2) is 0 Å². The zero-order chi connectivity index (χ0) is 13.1. The number of aromatic carboxylic acids is 1. The Balaban J connectivity index is 2.18. The number of nitrogens with zero attached hydrogens (tertiary/aromatic N) is 2. The maximum atomic E-state index is 10.8. The molecule has 0 bridgehead atoms. The highest BCUT2D eigenvalue weighted by Crippen LogP contribution is 2.36. The molecule has 5 heteroatoms. The van der Waals surface area contributed by atoms with Crippen LogP contribution >= 0.6 is 0 Å². The minimum Gasteiger partial charge on any atom is -0.477 e. The Morgan fingerprint density at radius 2 is 2.33 bits per heavy atom. The van der Waals surface area contributed by atoms with Gasteiger partial charge in [0.1, 0.15) is 17.2 Å². The molecule has 0 aliphatic heterocycles. The number of carbonyl (C=O) groups is 1. The lowest BCUT2D eigenvalue weighted by molar-refractivity contribution is 0.0697. The van der Waals surface area contributed by atoms with Gasteiger partial charge in [-0.3, -0.25) is 0 Å². The molecule has 3 N–H and O–H groups in total. The fraction of sp³-hybridized carbons (Fsp3) is 0.615. The summed E-state index contributed by atoms with van der Waals surface area (Å²) in [6, 6.07) is 0. The largest absolute Gasteiger partial charge is 0.477 e. The summed E-state index contributed by atoms with van der Waals surface area (Å²) in [5.41, 5.74) is 5.65. The number of carboxylic acids is 1. The van der Waals surface area contributed by atoms with Crippen molar-refractivity contribution in [2.24, 2.45) is 5.92 Å². The first-order chi connectivity index (χ1) is 8.61. The highest BCUT2D eigenvalue weighted by Gasteiger charge is 2.25. The van der Waals surface area contributed by atoms with Crippen molar-refractivity contribution in [2.75, 3.05) is 5.73 Å². The van der Waals surface area contributed by atoms with Gasteiger partial charge in [-0.1, -0.05) is 26.2 Å². The standard InChI is InChI=1S/C13H19N3O2/c1-2-8-4-3-5-9(6-8)12-15-7-10(13(17)18)11(14)16-12/h7-9H,2-6H2,1H3,(H,17,18)(H2,14,15,16). The van der Waals surface area contributed by atoms with E-state index < -0.39 is 5.97 Å². The molecule has 0 saturated heterocycles. The van der Waals surface area contributed by atoms with Crippen LogP contribution in [0.15, 0.2) is 6.20 Å². The van der Waals surface area contributed by atoms with Crippen molar-refractivity contribution in [3.8, 4) is 0 Å². The molecule has 0 spiro atoms. The Morgan fingerprint density at radius 1 is 1.56 bits per heavy atom. The average molecular weight is 249 g/mol. The molecule has 2 rings (SSSR count). The molecule has 1 aliphatic rings. The van der Waals surface area contributed by atoms with Crippen LogP contribution in [0.5, 0.6) is 0 Å². The molecule has 1 aromatic heterocycles. The van der Waals surface area contributed by atoms with Gasteiger partial charge in [0, 0.05) is 12.1 Å². The molecule has 0 aromatic carbocycles. The monoisotopic (exact) mass is 249 g/mol. The fourth-order valence-corrected chi connectivity index (χ4v) is 2.67. The van der Waals surface area contributed by atoms with Crippen LogP contribution in [0.3, 0.4) is 0 Å². The average Bonchev–Trinajstić information content (AvgIpc) is 2.38. The molecule has 5 nitrogen and oxygen atoms in total. The van der Waals surface area contributed by atoms with Gasteiger partial charge in [-0.05, 0) is 18.8 Å². The second-order valence-electron chi connectivity index (χ2n) is 4.97. The first-order valence-electron chi connectivity index (χ1n) is 6.47. The molecule has 2 unspecified atom stereocenters. The van der Waals surface area contributed by atoms with Crippen LogP contribution in [-0.2, 0) is 0 Å². The molecule has 18 heavy (non-hydrogen) atoms. The van der Waals surface area contributed by atoms with Crippen molar-refractivity contribution in [1.29, 1.82) is 0 Å². The summed E-state index contributed by atoms with van der Waals surface area (Å²) in [5.74, 6) is 0.762. The number of nitrogens with two attached hydrogens (primary N) is 1. The molecule has 1 aromatic rings. The van der Waals surface area contributed by atoms with E-state index in [9.17, 15) is 4.79 Å². The maximum Gasteiger partial charge on any atom is 0.341 e. The lowest BCUT2D eigenvalue weighted by Gasteiger charge is -2.27. The van der Waals surface area contributed by atoms with Gasteiger partial charge in [-0.2, -0.15) is 0 Å². The summed E-state index contributed by atoms with van der Waals surface area (Å²) < 4.78 is 0. The molecule has 1 fully saturated rings. The first kappa shape index (κ1) is 12.8. The number of carboxylic acid groups (broad SMARTS) is 1. The van der Waals surface area contributed by atoms with Gasteiger partial charge < -0.3 is 10.8 Å². The Labute approximate surface area is 106 Å². The zero-order valence-corrected chi connectivity index (χ0v) is 10.6. The van der Waals surface area contributed by atoms with Gasteiger partial charge >= 0.3 is 5.97 Å². The Bertz CT molecular complexity index is 448. The highest BCUT2D eigenvalue weighted by molar-refractivity contribution is 5.92. The van der Waals surface area contributed by atoms with Crippen LogP contribution in [0.25, 0.3) is 0 Å². The molecule has 2 atom stereocenters. The Kier molecular flexibility index (Phi) is 3.79. The van der Waals surface area contributed by atoms with Gasteiger partial charge in [-0.25, -0.2) is 14.8 Å². The minimum absolute atomic E-state index is 0.0124. The van der Waals surface area contributed by atoms with E-state index in [2.05, 4.69) is 16.9 Å². The van der Waals surface area contributed by atoms with E-state index in [0.29, 0.717) is 11.7 Å². The summed E-state index contributed by atoms with van der Waals surface area (Å²) in [7, 11) is 0. The van der Waals surface area contributed by atoms with Crippen LogP contribution in [-0.4, -0.2) is 21.0 Å². The molecule has 0 radical (unpaired) electrons. The summed E-state index contributed by atoms with van der Waals surface area (Å²) in [5, 5.41) is 8.89. The van der Waals surface area contributed by atoms with Crippen LogP contribution in [0.1, 0.15) is 61.1 Å². The van der Waals surface area contributed by atoms with Crippen LogP contribution in [0.4, 0.5) is 5.82 Å². The SMILES string of the molecule is CCC1CCCC(c2ncc(C(=O)O)c(N)n2)C1. The number of rotatable bonds is 3. The van der Waals surface area contributed by atoms with Crippen LogP contribution in [0, 0.1) is 5.92 Å². The fourth-order valence-electron chi connectivity index (χ4n) is 2.67. The molecule has 1 aliphatic carbocycles. The molecular weight excluding hydrogens is 230 g/mol. The second kappa shape index (κ2) is 5.33. The quantitative estimate of drug-likeness (QED) is 0.858. The topological polar surface area (TPSA) is 89.1 Å². The lowest BCUT2D eigenvalue weighted by Crippen LogP contribution is -2.17. The van der Waals surface area contributed by atoms with E-state index in [-0.39, 0.29) is 11.4 Å². The maximum absolute atomic E-state index is 10.8. The normalized spacial score (nSPS) is 23.8. The molecule has 1 saturated carbocycles. The Morgan fingerprint density at radius 3 is 2.94 bits per heavy atom. The van der Waals surface area contributed by atoms with E-state index in [4.69, 9.17) is 10.8 Å². The highest BCUT2D eigenvalue weighted by atomic mass is 16.4. The van der Waals surface area contributed by atoms with Crippen molar-refractivity contribution < 1.29 is 9.90 Å². The van der Waals surface area contributed by atoms with Crippen molar-refractivity contribution in [3.05, 3.63) is 17.6 Å². The summed E-state index contributed by atoms with van der Waals surface area (Å²) in [6.07, 6.45) is 7.13. The van der Waals surface area contributed by atoms with Crippen molar-refractivity contribution in [2.45, 2.75) is 44.9 Å². The van der Waals surface area contributed by atoms with E-state index in [1.165, 1.54) is 25.5 Å². The smallest absolute Gasteiger partial charge is 0.341 e. The first-order valence-corrected chi connectivity index (χ1v) is 6.47. The van der Waals surface area contributed by atoms with Gasteiger partial charge in [-0.15, -0.1) is 0 Å². The van der Waals surface area contributed by atoms with E-state index in [0.717, 1.165) is 18.8 Å². The number of hydrogen-bond acceptors (Lipinski definition) is 4. The van der Waals surface area contributed by atoms with Crippen LogP contribution < -0.4 is 5.73 Å². The lowest BCUT2D eigenvalue weighted by atomic mass is 9.80. The second-order valence-corrected chi connectivity index (χ2v) is 4.97. The molecule has 0 amide bonds. The van der Waals surface area contributed by atoms with Crippen molar-refractivity contribution >= 4 is 11.8 Å². The number of aromatic nitrogens is 2. The molecule has 1 heterocycles. The zero-order valence-electron chi connectivity index (χ0n) is 10.6. The van der Waals surface area contributed by atoms with Gasteiger partial charge in [0.25, 0.3) is 0 Å². The summed E-state index contributed by atoms with van der Waals surface area (Å²) in [4.78, 5) is 19.2. The predicted octanol–water partition coefficient (Wildman–Crippen LogP) is 2.44. The van der Waals surface area contributed by atoms with Gasteiger partial charge in [0.05, 0.1) is 0 Å². The number of nitrogen functional groups attached to an aromatic ring is 1. The van der Waals surface area contributed by atoms with E-state index >= 15 is 0 Å². The third kappa shape index (κ3) is 2.60. The third-order valence-corrected chi connectivity index (χ3v) is 3.79. The number of anilines is 1. The van der Waals surface area contributed by atoms with E-state index in [1.807, 2.05) is 0 Å². The predicted molar refractivity (Wildman–Crippen MR) is 68.4 cm³/mol. The van der Waals surface area contributed by atoms with E-state index in [1.54, 1.807) is 0 Å². The Hall–Kier alpha value is -1.65. The summed E-state index contributed by atoms with van der Waals surface area (Å²) in [6.45, 7) is 2.20. The van der Waals surface area contributed by atoms with Gasteiger partial charge in [0.2, 0.25) is 0 Å². The molecular formula is C13H19N3O2. The van der Waals surface area contributed by atoms with Crippen LogP contribution in [0.2, 0.25) is 0 Å². The summed E-state index contributed by atoms with van der Waals surface area (Å²) >= 11 is 0. The molecule has 98 valence electrons. The third-order valence-electron chi connectivity index (χ3n) is 3.79. The number of hydrogen-bond donors (Lipinski definition) is 2. The minimum atomic E-state index is -1.07. The van der Waals surface area contributed by atoms with Crippen molar-refractivity contribution in [3.63, 3.8) is 0 Å². The van der Waals surface area contributed by atoms with Crippen molar-refractivity contribution in [1.82, 2.24) is 9.97 Å².